The van der Waals surface area contributed by atoms with Gasteiger partial charge < -0.3 is 4.74 Å². The highest BCUT2D eigenvalue weighted by Crippen LogP contribution is 2.53. The molecule has 0 unspecified atom stereocenters. The standard InChI is InChI=1S/C22H26N4O/c1-15-11-13-16(14-12-15)18-19(23-24-20(18,2)3)22(17-9-7-6-8-10-17)26-25-21(4,5)27-22/h6-14,18-19H,1-5H3/t18-,19+,22-/m0/s1. The van der Waals surface area contributed by atoms with Gasteiger partial charge in [0.1, 0.15) is 6.04 Å². The number of hydrogen-bond acceptors (Lipinski definition) is 5. The van der Waals surface area contributed by atoms with Gasteiger partial charge in [0.25, 0.3) is 0 Å². The first kappa shape index (κ1) is 18.0. The molecule has 0 radical (unpaired) electrons. The van der Waals surface area contributed by atoms with Crippen LogP contribution in [0.2, 0.25) is 0 Å². The summed E-state index contributed by atoms with van der Waals surface area (Å²) in [6.07, 6.45) is 0. The third-order valence-corrected chi connectivity index (χ3v) is 5.39. The number of hydrogen-bond donors (Lipinski definition) is 0. The van der Waals surface area contributed by atoms with E-state index in [1.54, 1.807) is 0 Å². The lowest BCUT2D eigenvalue weighted by Crippen LogP contribution is -2.45. The molecule has 0 bridgehead atoms. The molecule has 2 aromatic carbocycles. The van der Waals surface area contributed by atoms with Crippen LogP contribution in [0.15, 0.2) is 75.1 Å². The Bertz CT molecular complexity index is 886. The molecule has 5 nitrogen and oxygen atoms in total. The first-order valence-electron chi connectivity index (χ1n) is 9.42. The van der Waals surface area contributed by atoms with Crippen LogP contribution in [-0.4, -0.2) is 17.3 Å². The summed E-state index contributed by atoms with van der Waals surface area (Å²) in [5, 5.41) is 18.5. The quantitative estimate of drug-likeness (QED) is 0.684. The Balaban J connectivity index is 1.86. The second kappa shape index (κ2) is 6.06. The Kier molecular flexibility index (Phi) is 4.04. The van der Waals surface area contributed by atoms with E-state index in [4.69, 9.17) is 9.85 Å². The van der Waals surface area contributed by atoms with Crippen molar-refractivity contribution in [1.82, 2.24) is 0 Å². The van der Waals surface area contributed by atoms with E-state index < -0.39 is 11.4 Å². The summed E-state index contributed by atoms with van der Waals surface area (Å²) >= 11 is 0. The molecule has 0 aliphatic carbocycles. The van der Waals surface area contributed by atoms with E-state index in [2.05, 4.69) is 60.4 Å². The summed E-state index contributed by atoms with van der Waals surface area (Å²) in [6.45, 7) is 10.2. The van der Waals surface area contributed by atoms with Crippen molar-refractivity contribution >= 4 is 0 Å². The van der Waals surface area contributed by atoms with Crippen molar-refractivity contribution in [2.75, 3.05) is 0 Å². The number of azo groups is 2. The molecule has 4 rings (SSSR count). The zero-order chi connectivity index (χ0) is 19.3. The Morgan fingerprint density at radius 1 is 0.815 bits per heavy atom. The maximum absolute atomic E-state index is 6.49. The fourth-order valence-corrected chi connectivity index (χ4v) is 4.09. The van der Waals surface area contributed by atoms with Crippen molar-refractivity contribution in [3.63, 3.8) is 0 Å². The van der Waals surface area contributed by atoms with Crippen LogP contribution >= 0.6 is 0 Å². The SMILES string of the molecule is Cc1ccc([C@H]2[C@H]([C@@]3(c4ccccc4)N=NC(C)(C)O3)N=NC2(C)C)cc1. The molecule has 3 atom stereocenters. The molecule has 0 aromatic heterocycles. The third-order valence-electron chi connectivity index (χ3n) is 5.39. The Morgan fingerprint density at radius 3 is 2.07 bits per heavy atom. The minimum atomic E-state index is -0.975. The van der Waals surface area contributed by atoms with Crippen LogP contribution in [-0.2, 0) is 10.5 Å². The molecule has 2 aliphatic heterocycles. The van der Waals surface area contributed by atoms with Crippen molar-refractivity contribution in [2.24, 2.45) is 20.5 Å². The van der Waals surface area contributed by atoms with Crippen molar-refractivity contribution in [1.29, 1.82) is 0 Å². The summed E-state index contributed by atoms with van der Waals surface area (Å²) in [4.78, 5) is 0. The third kappa shape index (κ3) is 3.00. The average molecular weight is 362 g/mol. The van der Waals surface area contributed by atoms with E-state index in [0.717, 1.165) is 5.56 Å². The van der Waals surface area contributed by atoms with Crippen LogP contribution in [0.25, 0.3) is 0 Å². The first-order valence-corrected chi connectivity index (χ1v) is 9.42. The predicted molar refractivity (Wildman–Crippen MR) is 105 cm³/mol. The number of nitrogens with zero attached hydrogens (tertiary/aromatic N) is 4. The molecule has 0 saturated carbocycles. The van der Waals surface area contributed by atoms with Crippen LogP contribution in [0.1, 0.15) is 50.3 Å². The topological polar surface area (TPSA) is 58.7 Å². The highest BCUT2D eigenvalue weighted by Gasteiger charge is 2.59. The van der Waals surface area contributed by atoms with Gasteiger partial charge >= 0.3 is 0 Å². The Hall–Kier alpha value is -2.40. The maximum atomic E-state index is 6.49. The lowest BCUT2D eigenvalue weighted by molar-refractivity contribution is -0.118. The van der Waals surface area contributed by atoms with E-state index in [1.165, 1.54) is 11.1 Å². The van der Waals surface area contributed by atoms with E-state index in [0.29, 0.717) is 0 Å². The van der Waals surface area contributed by atoms with Gasteiger partial charge in [-0.3, -0.25) is 0 Å². The van der Waals surface area contributed by atoms with E-state index in [9.17, 15) is 0 Å². The van der Waals surface area contributed by atoms with Gasteiger partial charge in [0, 0.05) is 11.5 Å². The van der Waals surface area contributed by atoms with E-state index in [1.807, 2.05) is 44.2 Å². The van der Waals surface area contributed by atoms with Gasteiger partial charge in [-0.2, -0.15) is 15.3 Å². The summed E-state index contributed by atoms with van der Waals surface area (Å²) in [7, 11) is 0. The highest BCUT2D eigenvalue weighted by molar-refractivity contribution is 5.35. The van der Waals surface area contributed by atoms with Crippen LogP contribution < -0.4 is 0 Å². The number of ether oxygens (including phenoxy) is 1. The molecular weight excluding hydrogens is 336 g/mol. The molecule has 2 aliphatic rings. The molecule has 140 valence electrons. The predicted octanol–water partition coefficient (Wildman–Crippen LogP) is 5.76. The van der Waals surface area contributed by atoms with Gasteiger partial charge in [0.05, 0.1) is 5.54 Å². The zero-order valence-corrected chi connectivity index (χ0v) is 16.5. The largest absolute Gasteiger partial charge is 0.317 e. The molecule has 0 fully saturated rings. The van der Waals surface area contributed by atoms with Gasteiger partial charge in [-0.05, 0) is 40.2 Å². The molecule has 27 heavy (non-hydrogen) atoms. The second-order valence-corrected chi connectivity index (χ2v) is 8.51. The fourth-order valence-electron chi connectivity index (χ4n) is 4.09. The Labute approximate surface area is 160 Å². The molecule has 2 heterocycles. The Morgan fingerprint density at radius 2 is 1.48 bits per heavy atom. The van der Waals surface area contributed by atoms with Crippen LogP contribution in [0.4, 0.5) is 0 Å². The monoisotopic (exact) mass is 362 g/mol. The summed E-state index contributed by atoms with van der Waals surface area (Å²) < 4.78 is 6.49. The number of aryl methyl sites for hydroxylation is 1. The summed E-state index contributed by atoms with van der Waals surface area (Å²) in [5.41, 5.74) is 1.36. The fraction of sp³-hybridized carbons (Fsp3) is 0.455. The van der Waals surface area contributed by atoms with Crippen LogP contribution in [0.5, 0.6) is 0 Å². The van der Waals surface area contributed by atoms with E-state index >= 15 is 0 Å². The maximum Gasteiger partial charge on any atom is 0.232 e. The first-order chi connectivity index (χ1) is 12.7. The summed E-state index contributed by atoms with van der Waals surface area (Å²) in [6, 6.07) is 18.4. The molecular formula is C22H26N4O. The molecule has 0 saturated heterocycles. The molecule has 5 heteroatoms. The number of benzene rings is 2. The average Bonchev–Trinajstić information content (AvgIpc) is 3.13. The van der Waals surface area contributed by atoms with Gasteiger partial charge in [-0.1, -0.05) is 60.2 Å². The lowest BCUT2D eigenvalue weighted by Gasteiger charge is -2.37. The molecule has 2 aromatic rings. The van der Waals surface area contributed by atoms with Gasteiger partial charge in [0.2, 0.25) is 5.72 Å². The lowest BCUT2D eigenvalue weighted by atomic mass is 9.74. The summed E-state index contributed by atoms with van der Waals surface area (Å²) in [5.74, 6) is 0.0335. The van der Waals surface area contributed by atoms with Crippen molar-refractivity contribution in [3.8, 4) is 0 Å². The molecule has 0 N–H and O–H groups in total. The smallest absolute Gasteiger partial charge is 0.232 e. The highest BCUT2D eigenvalue weighted by atomic mass is 16.6. The minimum Gasteiger partial charge on any atom is -0.317 e. The normalized spacial score (nSPS) is 30.7. The number of rotatable bonds is 3. The van der Waals surface area contributed by atoms with Crippen molar-refractivity contribution in [3.05, 3.63) is 71.3 Å². The second-order valence-electron chi connectivity index (χ2n) is 8.51. The molecule has 0 amide bonds. The van der Waals surface area contributed by atoms with Crippen LogP contribution in [0, 0.1) is 6.92 Å². The van der Waals surface area contributed by atoms with Crippen molar-refractivity contribution < 1.29 is 4.74 Å². The van der Waals surface area contributed by atoms with Crippen molar-refractivity contribution in [2.45, 2.75) is 63.6 Å². The molecule has 0 spiro atoms. The van der Waals surface area contributed by atoms with Gasteiger partial charge in [-0.25, -0.2) is 0 Å². The van der Waals surface area contributed by atoms with Crippen LogP contribution in [0.3, 0.4) is 0 Å². The minimum absolute atomic E-state index is 0.0335. The van der Waals surface area contributed by atoms with Gasteiger partial charge in [0.15, 0.2) is 5.72 Å². The van der Waals surface area contributed by atoms with Gasteiger partial charge in [-0.15, -0.1) is 5.11 Å². The van der Waals surface area contributed by atoms with E-state index in [-0.39, 0.29) is 17.5 Å². The zero-order valence-electron chi connectivity index (χ0n) is 16.5.